The summed E-state index contributed by atoms with van der Waals surface area (Å²) in [4.78, 5) is 24.1. The number of amides is 1. The van der Waals surface area contributed by atoms with Crippen molar-refractivity contribution in [3.8, 4) is 0 Å². The maximum absolute atomic E-state index is 11.6. The number of nitrogens with zero attached hydrogens (tertiary/aromatic N) is 1. The molecule has 1 aliphatic heterocycles. The molecule has 1 amide bonds. The van der Waals surface area contributed by atoms with Crippen LogP contribution < -0.4 is 0 Å². The Kier molecular flexibility index (Phi) is 3.27. The first-order valence-corrected chi connectivity index (χ1v) is 5.33. The molecule has 0 bridgehead atoms. The number of hydrogen-bond donors (Lipinski definition) is 0. The van der Waals surface area contributed by atoms with E-state index in [0.717, 1.165) is 0 Å². The van der Waals surface area contributed by atoms with Crippen LogP contribution in [0.3, 0.4) is 0 Å². The molecule has 5 nitrogen and oxygen atoms in total. The summed E-state index contributed by atoms with van der Waals surface area (Å²) in [6, 6.07) is 2.92. The summed E-state index contributed by atoms with van der Waals surface area (Å²) >= 11 is 0. The third kappa shape index (κ3) is 2.08. The Morgan fingerprint density at radius 2 is 2.47 bits per heavy atom. The summed E-state index contributed by atoms with van der Waals surface area (Å²) in [6.07, 6.45) is 5.32. The minimum atomic E-state index is -0.567. The molecule has 0 saturated heterocycles. The second kappa shape index (κ2) is 4.86. The van der Waals surface area contributed by atoms with Crippen molar-refractivity contribution >= 4 is 18.1 Å². The number of ether oxygens (including phenoxy) is 1. The topological polar surface area (TPSA) is 59.8 Å². The van der Waals surface area contributed by atoms with Gasteiger partial charge in [0.2, 0.25) is 6.41 Å². The van der Waals surface area contributed by atoms with E-state index in [-0.39, 0.29) is 0 Å². The molecular formula is C12H13NO4. The van der Waals surface area contributed by atoms with E-state index in [1.165, 1.54) is 18.3 Å². The molecule has 2 heterocycles. The van der Waals surface area contributed by atoms with Crippen LogP contribution in [-0.2, 0) is 14.3 Å². The van der Waals surface area contributed by atoms with Crippen LogP contribution in [0.2, 0.25) is 0 Å². The summed E-state index contributed by atoms with van der Waals surface area (Å²) in [7, 11) is 1.32. The molecule has 1 aromatic heterocycles. The van der Waals surface area contributed by atoms with Gasteiger partial charge < -0.3 is 9.15 Å². The molecule has 0 aliphatic carbocycles. The Bertz CT molecular complexity index is 435. The number of methoxy groups -OCH3 is 1. The lowest BCUT2D eigenvalue weighted by molar-refractivity contribution is -0.148. The highest BCUT2D eigenvalue weighted by Gasteiger charge is 2.32. The maximum atomic E-state index is 11.6. The molecule has 0 unspecified atom stereocenters. The molecule has 5 heteroatoms. The van der Waals surface area contributed by atoms with Gasteiger partial charge in [-0.3, -0.25) is 9.69 Å². The lowest BCUT2D eigenvalue weighted by Gasteiger charge is -2.30. The van der Waals surface area contributed by atoms with E-state index in [0.29, 0.717) is 30.7 Å². The Balaban J connectivity index is 2.30. The van der Waals surface area contributed by atoms with Gasteiger partial charge in [0.15, 0.2) is 0 Å². The van der Waals surface area contributed by atoms with Crippen LogP contribution in [0.4, 0.5) is 0 Å². The summed E-state index contributed by atoms with van der Waals surface area (Å²) in [5, 5.41) is 0. The third-order valence-electron chi connectivity index (χ3n) is 2.75. The average molecular weight is 235 g/mol. The second-order valence-electron chi connectivity index (χ2n) is 3.70. The van der Waals surface area contributed by atoms with Crippen molar-refractivity contribution in [1.82, 2.24) is 4.90 Å². The predicted octanol–water partition coefficient (Wildman–Crippen LogP) is 1.41. The highest BCUT2D eigenvalue weighted by atomic mass is 16.5. The van der Waals surface area contributed by atoms with Gasteiger partial charge in [0.05, 0.1) is 19.1 Å². The summed E-state index contributed by atoms with van der Waals surface area (Å²) in [6.45, 7) is 0. The molecule has 1 aliphatic rings. The Morgan fingerprint density at radius 3 is 3.06 bits per heavy atom. The normalized spacial score (nSPS) is 19.7. The third-order valence-corrected chi connectivity index (χ3v) is 2.75. The number of furan rings is 1. The largest absolute Gasteiger partial charge is 0.467 e. The maximum Gasteiger partial charge on any atom is 0.328 e. The number of esters is 1. The minimum absolute atomic E-state index is 0.408. The Labute approximate surface area is 98.6 Å². The average Bonchev–Trinajstić information content (AvgIpc) is 2.90. The van der Waals surface area contributed by atoms with E-state index >= 15 is 0 Å². The number of rotatable bonds is 3. The lowest BCUT2D eigenvalue weighted by Crippen LogP contribution is -2.41. The molecule has 2 rings (SSSR count). The molecule has 0 spiro atoms. The molecule has 0 fully saturated rings. The van der Waals surface area contributed by atoms with E-state index in [2.05, 4.69) is 0 Å². The van der Waals surface area contributed by atoms with Gasteiger partial charge in [-0.05, 0) is 25.0 Å². The van der Waals surface area contributed by atoms with Crippen LogP contribution in [0.25, 0.3) is 5.70 Å². The Hall–Kier alpha value is -2.04. The molecule has 17 heavy (non-hydrogen) atoms. The summed E-state index contributed by atoms with van der Waals surface area (Å²) < 4.78 is 9.94. The van der Waals surface area contributed by atoms with Gasteiger partial charge in [0.25, 0.3) is 0 Å². The number of allylic oxidation sites excluding steroid dienone is 1. The van der Waals surface area contributed by atoms with Crippen LogP contribution in [0.5, 0.6) is 0 Å². The molecule has 0 aromatic carbocycles. The number of hydrogen-bond acceptors (Lipinski definition) is 4. The van der Waals surface area contributed by atoms with Crippen molar-refractivity contribution in [3.05, 3.63) is 30.2 Å². The molecule has 0 N–H and O–H groups in total. The van der Waals surface area contributed by atoms with Crippen molar-refractivity contribution in [2.75, 3.05) is 7.11 Å². The Morgan fingerprint density at radius 1 is 1.65 bits per heavy atom. The van der Waals surface area contributed by atoms with Gasteiger partial charge in [-0.1, -0.05) is 6.08 Å². The van der Waals surface area contributed by atoms with Gasteiger partial charge in [-0.25, -0.2) is 4.79 Å². The standard InChI is InChI=1S/C12H13NO4/c1-16-12(15)10-5-2-4-9(13(10)8-14)11-6-3-7-17-11/h3-4,6-8,10H,2,5H2,1H3/t10-/m1/s1. The second-order valence-corrected chi connectivity index (χ2v) is 3.70. The zero-order chi connectivity index (χ0) is 12.3. The predicted molar refractivity (Wildman–Crippen MR) is 59.6 cm³/mol. The van der Waals surface area contributed by atoms with Crippen LogP contribution in [0, 0.1) is 0 Å². The highest BCUT2D eigenvalue weighted by Crippen LogP contribution is 2.28. The first kappa shape index (κ1) is 11.4. The van der Waals surface area contributed by atoms with Crippen molar-refractivity contribution in [1.29, 1.82) is 0 Å². The fourth-order valence-corrected chi connectivity index (χ4v) is 1.94. The van der Waals surface area contributed by atoms with Crippen molar-refractivity contribution in [3.63, 3.8) is 0 Å². The summed E-state index contributed by atoms with van der Waals surface area (Å²) in [5.41, 5.74) is 0.617. The molecule has 90 valence electrons. The zero-order valence-electron chi connectivity index (χ0n) is 9.46. The van der Waals surface area contributed by atoms with Gasteiger partial charge in [-0.2, -0.15) is 0 Å². The molecule has 1 aromatic rings. The monoisotopic (exact) mass is 235 g/mol. The van der Waals surface area contributed by atoms with Crippen molar-refractivity contribution in [2.45, 2.75) is 18.9 Å². The fraction of sp³-hybridized carbons (Fsp3) is 0.333. The first-order valence-electron chi connectivity index (χ1n) is 5.33. The number of carbonyl (C=O) groups is 2. The quantitative estimate of drug-likeness (QED) is 0.587. The van der Waals surface area contributed by atoms with E-state index in [4.69, 9.17) is 9.15 Å². The van der Waals surface area contributed by atoms with Crippen molar-refractivity contribution in [2.24, 2.45) is 0 Å². The smallest absolute Gasteiger partial charge is 0.328 e. The van der Waals surface area contributed by atoms with Crippen LogP contribution >= 0.6 is 0 Å². The lowest BCUT2D eigenvalue weighted by atomic mass is 10.0. The summed E-state index contributed by atoms with van der Waals surface area (Å²) in [5.74, 6) is 0.167. The zero-order valence-corrected chi connectivity index (χ0v) is 9.46. The van der Waals surface area contributed by atoms with Gasteiger partial charge in [0.1, 0.15) is 11.8 Å². The van der Waals surface area contributed by atoms with E-state index in [9.17, 15) is 9.59 Å². The number of carbonyl (C=O) groups excluding carboxylic acids is 2. The molecule has 1 atom stereocenters. The van der Waals surface area contributed by atoms with Gasteiger partial charge in [0, 0.05) is 0 Å². The van der Waals surface area contributed by atoms with Crippen LogP contribution in [0.15, 0.2) is 28.9 Å². The van der Waals surface area contributed by atoms with E-state index in [1.54, 1.807) is 12.1 Å². The molecule has 0 radical (unpaired) electrons. The first-order chi connectivity index (χ1) is 8.27. The van der Waals surface area contributed by atoms with E-state index in [1.807, 2.05) is 6.08 Å². The van der Waals surface area contributed by atoms with Gasteiger partial charge >= 0.3 is 5.97 Å². The fourth-order valence-electron chi connectivity index (χ4n) is 1.94. The molecular weight excluding hydrogens is 222 g/mol. The van der Waals surface area contributed by atoms with Crippen LogP contribution in [0.1, 0.15) is 18.6 Å². The van der Waals surface area contributed by atoms with Crippen LogP contribution in [-0.4, -0.2) is 30.4 Å². The highest BCUT2D eigenvalue weighted by molar-refractivity contribution is 5.84. The van der Waals surface area contributed by atoms with Crippen molar-refractivity contribution < 1.29 is 18.7 Å². The SMILES string of the molecule is COC(=O)[C@H]1CCC=C(c2ccco2)N1C=O. The molecule has 0 saturated carbocycles. The van der Waals surface area contributed by atoms with E-state index < -0.39 is 12.0 Å². The van der Waals surface area contributed by atoms with Gasteiger partial charge in [-0.15, -0.1) is 0 Å². The minimum Gasteiger partial charge on any atom is -0.467 e.